The van der Waals surface area contributed by atoms with E-state index in [1.807, 2.05) is 30.1 Å². The lowest BCUT2D eigenvalue weighted by Crippen LogP contribution is -2.24. The minimum absolute atomic E-state index is 0.158. The van der Waals surface area contributed by atoms with E-state index in [0.717, 1.165) is 24.9 Å². The van der Waals surface area contributed by atoms with Gasteiger partial charge in [0.25, 0.3) is 0 Å². The minimum Gasteiger partial charge on any atom is -0.361 e. The Morgan fingerprint density at radius 3 is 2.95 bits per heavy atom. The maximum Gasteiger partial charge on any atom is 0.220 e. The van der Waals surface area contributed by atoms with Crippen LogP contribution in [0.1, 0.15) is 31.2 Å². The number of aromatic nitrogens is 1. The number of nitrogens with one attached hydrogen (secondary N) is 2. The predicted octanol–water partition coefficient (Wildman–Crippen LogP) is 3.75. The Bertz CT molecular complexity index is 565. The van der Waals surface area contributed by atoms with Crippen LogP contribution in [-0.2, 0) is 11.2 Å². The maximum atomic E-state index is 11.8. The number of fused-ring (bicyclic) bond motifs is 1. The number of para-hydroxylation sites is 1. The number of benzene rings is 1. The number of thioether (sulfide) groups is 1. The van der Waals surface area contributed by atoms with Gasteiger partial charge in [0.05, 0.1) is 0 Å². The van der Waals surface area contributed by atoms with Gasteiger partial charge in [0.2, 0.25) is 5.91 Å². The van der Waals surface area contributed by atoms with E-state index in [0.29, 0.717) is 6.42 Å². The van der Waals surface area contributed by atoms with Crippen molar-refractivity contribution in [1.82, 2.24) is 10.3 Å². The molecule has 0 aliphatic heterocycles. The van der Waals surface area contributed by atoms with Crippen LogP contribution < -0.4 is 5.32 Å². The minimum atomic E-state index is 0.158. The Balaban J connectivity index is 1.67. The maximum absolute atomic E-state index is 11.8. The Labute approximate surface area is 130 Å². The van der Waals surface area contributed by atoms with E-state index in [1.165, 1.54) is 29.5 Å². The molecule has 1 amide bonds. The standard InChI is InChI=1S/C17H24N2OS/c1-21-12-6-2-5-11-18-17(20)10-9-14-13-19-16-8-4-3-7-15(14)16/h3-4,7-8,13,19H,2,5-6,9-12H2,1H3,(H,18,20). The zero-order chi connectivity index (χ0) is 14.9. The fourth-order valence-electron chi connectivity index (χ4n) is 2.45. The second-order valence-corrected chi connectivity index (χ2v) is 6.25. The molecule has 114 valence electrons. The molecule has 21 heavy (non-hydrogen) atoms. The van der Waals surface area contributed by atoms with Crippen LogP contribution in [0, 0.1) is 0 Å². The molecule has 0 aliphatic rings. The summed E-state index contributed by atoms with van der Waals surface area (Å²) < 4.78 is 0. The van der Waals surface area contributed by atoms with Crippen LogP contribution in [0.2, 0.25) is 0 Å². The fraction of sp³-hybridized carbons (Fsp3) is 0.471. The van der Waals surface area contributed by atoms with E-state index in [-0.39, 0.29) is 5.91 Å². The zero-order valence-corrected chi connectivity index (χ0v) is 13.5. The zero-order valence-electron chi connectivity index (χ0n) is 12.7. The number of aromatic amines is 1. The largest absolute Gasteiger partial charge is 0.361 e. The highest BCUT2D eigenvalue weighted by Gasteiger charge is 2.06. The summed E-state index contributed by atoms with van der Waals surface area (Å²) in [6, 6.07) is 8.22. The molecule has 2 rings (SSSR count). The molecule has 0 atom stereocenters. The molecule has 1 aromatic heterocycles. The average molecular weight is 304 g/mol. The van der Waals surface area contributed by atoms with E-state index in [1.54, 1.807) is 0 Å². The smallest absolute Gasteiger partial charge is 0.220 e. The first kappa shape index (κ1) is 16.0. The van der Waals surface area contributed by atoms with E-state index in [2.05, 4.69) is 28.7 Å². The summed E-state index contributed by atoms with van der Waals surface area (Å²) in [4.78, 5) is 15.1. The van der Waals surface area contributed by atoms with E-state index < -0.39 is 0 Å². The monoisotopic (exact) mass is 304 g/mol. The van der Waals surface area contributed by atoms with Gasteiger partial charge in [-0.15, -0.1) is 0 Å². The van der Waals surface area contributed by atoms with Gasteiger partial charge in [0, 0.05) is 30.1 Å². The topological polar surface area (TPSA) is 44.9 Å². The first-order valence-corrected chi connectivity index (χ1v) is 9.01. The molecule has 1 aromatic carbocycles. The highest BCUT2D eigenvalue weighted by molar-refractivity contribution is 7.98. The number of unbranched alkanes of at least 4 members (excludes halogenated alkanes) is 2. The predicted molar refractivity (Wildman–Crippen MR) is 91.9 cm³/mol. The van der Waals surface area contributed by atoms with Crippen LogP contribution in [0.25, 0.3) is 10.9 Å². The summed E-state index contributed by atoms with van der Waals surface area (Å²) in [5.74, 6) is 1.37. The molecule has 0 fully saturated rings. The lowest BCUT2D eigenvalue weighted by molar-refractivity contribution is -0.121. The number of H-pyrrole nitrogens is 1. The summed E-state index contributed by atoms with van der Waals surface area (Å²) in [7, 11) is 0. The Kier molecular flexibility index (Phi) is 6.67. The lowest BCUT2D eigenvalue weighted by atomic mass is 10.1. The highest BCUT2D eigenvalue weighted by Crippen LogP contribution is 2.18. The van der Waals surface area contributed by atoms with Crippen LogP contribution >= 0.6 is 11.8 Å². The van der Waals surface area contributed by atoms with Crippen molar-refractivity contribution in [3.05, 3.63) is 36.0 Å². The van der Waals surface area contributed by atoms with E-state index >= 15 is 0 Å². The highest BCUT2D eigenvalue weighted by atomic mass is 32.2. The van der Waals surface area contributed by atoms with Crippen LogP contribution in [0.4, 0.5) is 0 Å². The summed E-state index contributed by atoms with van der Waals surface area (Å²) in [5, 5.41) is 4.24. The number of amides is 1. The van der Waals surface area contributed by atoms with Gasteiger partial charge in [-0.25, -0.2) is 0 Å². The summed E-state index contributed by atoms with van der Waals surface area (Å²) in [6.45, 7) is 0.807. The van der Waals surface area contributed by atoms with Gasteiger partial charge in [-0.3, -0.25) is 4.79 Å². The van der Waals surface area contributed by atoms with Crippen molar-refractivity contribution < 1.29 is 4.79 Å². The molecule has 0 saturated carbocycles. The fourth-order valence-corrected chi connectivity index (χ4v) is 2.94. The quantitative estimate of drug-likeness (QED) is 0.693. The van der Waals surface area contributed by atoms with Crippen molar-refractivity contribution in [2.24, 2.45) is 0 Å². The molecule has 0 saturated heterocycles. The molecule has 2 N–H and O–H groups in total. The van der Waals surface area contributed by atoms with Crippen LogP contribution in [0.15, 0.2) is 30.5 Å². The summed E-state index contributed by atoms with van der Waals surface area (Å²) in [6.07, 6.45) is 9.02. The number of carbonyl (C=O) groups excluding carboxylic acids is 1. The van der Waals surface area contributed by atoms with Gasteiger partial charge in [0.15, 0.2) is 0 Å². The molecule has 0 radical (unpaired) electrons. The summed E-state index contributed by atoms with van der Waals surface area (Å²) in [5.41, 5.74) is 2.36. The third-order valence-electron chi connectivity index (χ3n) is 3.64. The Morgan fingerprint density at radius 2 is 2.10 bits per heavy atom. The average Bonchev–Trinajstić information content (AvgIpc) is 2.92. The third-order valence-corrected chi connectivity index (χ3v) is 4.34. The van der Waals surface area contributed by atoms with Gasteiger partial charge in [-0.1, -0.05) is 24.6 Å². The molecule has 0 unspecified atom stereocenters. The van der Waals surface area contributed by atoms with Gasteiger partial charge < -0.3 is 10.3 Å². The van der Waals surface area contributed by atoms with Crippen LogP contribution in [0.3, 0.4) is 0 Å². The lowest BCUT2D eigenvalue weighted by Gasteiger charge is -2.05. The van der Waals surface area contributed by atoms with Crippen molar-refractivity contribution in [1.29, 1.82) is 0 Å². The number of hydrogen-bond donors (Lipinski definition) is 2. The molecule has 0 spiro atoms. The van der Waals surface area contributed by atoms with Crippen molar-refractivity contribution >= 4 is 28.6 Å². The Morgan fingerprint density at radius 1 is 1.24 bits per heavy atom. The van der Waals surface area contributed by atoms with Gasteiger partial charge in [0.1, 0.15) is 0 Å². The van der Waals surface area contributed by atoms with Crippen molar-refractivity contribution in [3.8, 4) is 0 Å². The van der Waals surface area contributed by atoms with E-state index in [9.17, 15) is 4.79 Å². The Hall–Kier alpha value is -1.42. The third kappa shape index (κ3) is 5.12. The molecule has 2 aromatic rings. The molecule has 4 heteroatoms. The number of hydrogen-bond acceptors (Lipinski definition) is 2. The first-order valence-electron chi connectivity index (χ1n) is 7.62. The van der Waals surface area contributed by atoms with Gasteiger partial charge in [-0.05, 0) is 42.9 Å². The van der Waals surface area contributed by atoms with Crippen molar-refractivity contribution in [2.45, 2.75) is 32.1 Å². The molecule has 0 bridgehead atoms. The van der Waals surface area contributed by atoms with Crippen LogP contribution in [0.5, 0.6) is 0 Å². The normalized spacial score (nSPS) is 10.9. The van der Waals surface area contributed by atoms with Crippen LogP contribution in [-0.4, -0.2) is 29.4 Å². The molecular weight excluding hydrogens is 280 g/mol. The number of rotatable bonds is 9. The van der Waals surface area contributed by atoms with Crippen molar-refractivity contribution in [2.75, 3.05) is 18.6 Å². The molecule has 0 aliphatic carbocycles. The molecule has 1 heterocycles. The van der Waals surface area contributed by atoms with Gasteiger partial charge in [-0.2, -0.15) is 11.8 Å². The first-order chi connectivity index (χ1) is 10.3. The summed E-state index contributed by atoms with van der Waals surface area (Å²) >= 11 is 1.88. The second kappa shape index (κ2) is 8.78. The molecule has 3 nitrogen and oxygen atoms in total. The number of aryl methyl sites for hydroxylation is 1. The second-order valence-electron chi connectivity index (χ2n) is 5.26. The SMILES string of the molecule is CSCCCCCNC(=O)CCc1c[nH]c2ccccc12. The van der Waals surface area contributed by atoms with E-state index in [4.69, 9.17) is 0 Å². The molecular formula is C17H24N2OS. The number of carbonyl (C=O) groups is 1. The van der Waals surface area contributed by atoms with Crippen molar-refractivity contribution in [3.63, 3.8) is 0 Å². The van der Waals surface area contributed by atoms with Gasteiger partial charge >= 0.3 is 0 Å².